The first kappa shape index (κ1) is 8.46. The summed E-state index contributed by atoms with van der Waals surface area (Å²) in [6.45, 7) is 2.37. The van der Waals surface area contributed by atoms with E-state index in [-0.39, 0.29) is 12.0 Å². The molecule has 0 aromatic carbocycles. The summed E-state index contributed by atoms with van der Waals surface area (Å²) in [4.78, 5) is 13.8. The summed E-state index contributed by atoms with van der Waals surface area (Å²) in [6, 6.07) is 0. The number of carbonyl (C=O) groups excluding carboxylic acids is 1. The molecule has 1 rings (SSSR count). The lowest BCUT2D eigenvalue weighted by molar-refractivity contribution is -0.193. The van der Waals surface area contributed by atoms with Gasteiger partial charge in [-0.3, -0.25) is 4.94 Å². The first-order chi connectivity index (χ1) is 5.24. The van der Waals surface area contributed by atoms with Gasteiger partial charge in [0.25, 0.3) is 0 Å². The third-order valence-electron chi connectivity index (χ3n) is 1.89. The molecule has 0 radical (unpaired) electrons. The summed E-state index contributed by atoms with van der Waals surface area (Å²) in [7, 11) is 0. The molecule has 0 saturated carbocycles. The molecule has 1 aliphatic rings. The molecule has 0 amide bonds. The molecule has 3 nitrogen and oxygen atoms in total. The van der Waals surface area contributed by atoms with Crippen LogP contribution in [0.2, 0.25) is 0 Å². The molecular formula is C7H11FO3. The van der Waals surface area contributed by atoms with Gasteiger partial charge in [-0.05, 0) is 19.8 Å². The summed E-state index contributed by atoms with van der Waals surface area (Å²) in [5.41, 5.74) is 0. The number of carbonyl (C=O) groups is 1. The van der Waals surface area contributed by atoms with E-state index in [1.165, 1.54) is 0 Å². The fourth-order valence-electron chi connectivity index (χ4n) is 1.28. The maximum absolute atomic E-state index is 11.4. The Hall–Kier alpha value is -0.640. The van der Waals surface area contributed by atoms with Crippen LogP contribution in [0.1, 0.15) is 19.8 Å². The molecule has 0 aromatic heterocycles. The molecule has 0 bridgehead atoms. The standard InChI is InChI=1S/C7H11FO3/c1-5-4-6(2-3-10-5)7(9)11-8/h5-6H,2-4H2,1H3. The number of rotatable bonds is 1. The molecule has 0 N–H and O–H groups in total. The maximum Gasteiger partial charge on any atom is 0.352 e. The molecule has 11 heavy (non-hydrogen) atoms. The van der Waals surface area contributed by atoms with E-state index in [0.29, 0.717) is 19.4 Å². The highest BCUT2D eigenvalue weighted by Crippen LogP contribution is 2.20. The molecule has 64 valence electrons. The van der Waals surface area contributed by atoms with Gasteiger partial charge in [-0.2, -0.15) is 0 Å². The van der Waals surface area contributed by atoms with Gasteiger partial charge in [0.05, 0.1) is 12.0 Å². The van der Waals surface area contributed by atoms with E-state index in [2.05, 4.69) is 4.94 Å². The monoisotopic (exact) mass is 162 g/mol. The third-order valence-corrected chi connectivity index (χ3v) is 1.89. The van der Waals surface area contributed by atoms with Crippen molar-refractivity contribution in [3.05, 3.63) is 0 Å². The van der Waals surface area contributed by atoms with Crippen LogP contribution in [-0.4, -0.2) is 18.7 Å². The highest BCUT2D eigenvalue weighted by Gasteiger charge is 2.27. The molecule has 2 atom stereocenters. The second-order valence-corrected chi connectivity index (χ2v) is 2.80. The van der Waals surface area contributed by atoms with E-state index in [1.807, 2.05) is 6.92 Å². The number of hydrogen-bond donors (Lipinski definition) is 0. The van der Waals surface area contributed by atoms with Gasteiger partial charge in [-0.1, -0.05) is 0 Å². The minimum Gasteiger partial charge on any atom is -0.378 e. The highest BCUT2D eigenvalue weighted by atomic mass is 19.3. The van der Waals surface area contributed by atoms with Crippen LogP contribution in [0.15, 0.2) is 0 Å². The van der Waals surface area contributed by atoms with E-state index in [1.54, 1.807) is 0 Å². The minimum atomic E-state index is -0.764. The smallest absolute Gasteiger partial charge is 0.352 e. The fourth-order valence-corrected chi connectivity index (χ4v) is 1.28. The van der Waals surface area contributed by atoms with Crippen molar-refractivity contribution >= 4 is 5.97 Å². The van der Waals surface area contributed by atoms with Crippen molar-refractivity contribution in [1.29, 1.82) is 0 Å². The maximum atomic E-state index is 11.4. The second kappa shape index (κ2) is 3.67. The Morgan fingerprint density at radius 3 is 3.00 bits per heavy atom. The normalized spacial score (nSPS) is 31.5. The summed E-state index contributed by atoms with van der Waals surface area (Å²) in [5.74, 6) is -1.08. The molecule has 1 heterocycles. The van der Waals surface area contributed by atoms with Crippen LogP contribution < -0.4 is 0 Å². The molecule has 0 aliphatic carbocycles. The van der Waals surface area contributed by atoms with Crippen LogP contribution in [0.25, 0.3) is 0 Å². The molecular weight excluding hydrogens is 151 g/mol. The minimum absolute atomic E-state index is 0.0350. The van der Waals surface area contributed by atoms with E-state index >= 15 is 0 Å². The van der Waals surface area contributed by atoms with Gasteiger partial charge in [0.15, 0.2) is 0 Å². The summed E-state index contributed by atoms with van der Waals surface area (Å²) in [5, 5.41) is 0. The van der Waals surface area contributed by atoms with Gasteiger partial charge in [0.1, 0.15) is 0 Å². The van der Waals surface area contributed by atoms with Gasteiger partial charge in [-0.15, -0.1) is 0 Å². The first-order valence-electron chi connectivity index (χ1n) is 3.68. The van der Waals surface area contributed by atoms with Crippen molar-refractivity contribution < 1.29 is 19.0 Å². The molecule has 1 fully saturated rings. The van der Waals surface area contributed by atoms with E-state index < -0.39 is 5.97 Å². The van der Waals surface area contributed by atoms with Gasteiger partial charge >= 0.3 is 5.97 Å². The Labute approximate surface area is 64.4 Å². The zero-order valence-electron chi connectivity index (χ0n) is 6.38. The van der Waals surface area contributed by atoms with Crippen LogP contribution in [0.4, 0.5) is 4.53 Å². The highest BCUT2D eigenvalue weighted by molar-refractivity contribution is 5.71. The predicted molar refractivity (Wildman–Crippen MR) is 35.3 cm³/mol. The van der Waals surface area contributed by atoms with Gasteiger partial charge < -0.3 is 4.74 Å². The summed E-state index contributed by atoms with van der Waals surface area (Å²) < 4.78 is 16.6. The van der Waals surface area contributed by atoms with E-state index in [0.717, 1.165) is 0 Å². The average Bonchev–Trinajstić information content (AvgIpc) is 2.03. The fraction of sp³-hybridized carbons (Fsp3) is 0.857. The zero-order chi connectivity index (χ0) is 8.27. The Kier molecular flexibility index (Phi) is 2.82. The van der Waals surface area contributed by atoms with Crippen molar-refractivity contribution in [3.8, 4) is 0 Å². The average molecular weight is 162 g/mol. The third kappa shape index (κ3) is 2.15. The number of halogens is 1. The lowest BCUT2D eigenvalue weighted by Gasteiger charge is -2.23. The van der Waals surface area contributed by atoms with Crippen LogP contribution in [0, 0.1) is 5.92 Å². The van der Waals surface area contributed by atoms with Gasteiger partial charge in [-0.25, -0.2) is 4.79 Å². The topological polar surface area (TPSA) is 35.5 Å². The SMILES string of the molecule is CC1CC(C(=O)OF)CCO1. The van der Waals surface area contributed by atoms with Crippen LogP contribution in [0.3, 0.4) is 0 Å². The number of hydrogen-bond acceptors (Lipinski definition) is 3. The molecule has 1 aliphatic heterocycles. The van der Waals surface area contributed by atoms with Crippen LogP contribution >= 0.6 is 0 Å². The van der Waals surface area contributed by atoms with E-state index in [9.17, 15) is 9.32 Å². The van der Waals surface area contributed by atoms with Crippen molar-refractivity contribution in [2.75, 3.05) is 6.61 Å². The molecule has 0 aromatic rings. The van der Waals surface area contributed by atoms with Crippen molar-refractivity contribution in [3.63, 3.8) is 0 Å². The summed E-state index contributed by atoms with van der Waals surface area (Å²) in [6.07, 6.45) is 1.16. The Morgan fingerprint density at radius 2 is 2.45 bits per heavy atom. The Bertz CT molecular complexity index is 149. The van der Waals surface area contributed by atoms with Crippen molar-refractivity contribution in [1.82, 2.24) is 0 Å². The quantitative estimate of drug-likeness (QED) is 0.581. The van der Waals surface area contributed by atoms with Crippen LogP contribution in [-0.2, 0) is 14.5 Å². The number of ether oxygens (including phenoxy) is 1. The van der Waals surface area contributed by atoms with Crippen molar-refractivity contribution in [2.24, 2.45) is 5.92 Å². The van der Waals surface area contributed by atoms with Crippen molar-refractivity contribution in [2.45, 2.75) is 25.9 Å². The lowest BCUT2D eigenvalue weighted by Crippen LogP contribution is -2.28. The molecule has 1 saturated heterocycles. The van der Waals surface area contributed by atoms with Gasteiger partial charge in [0.2, 0.25) is 0 Å². The van der Waals surface area contributed by atoms with Crippen LogP contribution in [0.5, 0.6) is 0 Å². The largest absolute Gasteiger partial charge is 0.378 e. The molecule has 4 heteroatoms. The summed E-state index contributed by atoms with van der Waals surface area (Å²) >= 11 is 0. The lowest BCUT2D eigenvalue weighted by atomic mass is 9.97. The zero-order valence-corrected chi connectivity index (χ0v) is 6.38. The molecule has 0 spiro atoms. The first-order valence-corrected chi connectivity index (χ1v) is 3.68. The predicted octanol–water partition coefficient (Wildman–Crippen LogP) is 1.23. The van der Waals surface area contributed by atoms with Gasteiger partial charge in [0, 0.05) is 11.1 Å². The van der Waals surface area contributed by atoms with E-state index in [4.69, 9.17) is 4.74 Å². The molecule has 2 unspecified atom stereocenters. The Balaban J connectivity index is 2.39. The second-order valence-electron chi connectivity index (χ2n) is 2.80. The Morgan fingerprint density at radius 1 is 1.73 bits per heavy atom.